The van der Waals surface area contributed by atoms with Crippen LogP contribution in [0.4, 0.5) is 0 Å². The van der Waals surface area contributed by atoms with Gasteiger partial charge in [-0.05, 0) is 116 Å². The molecule has 0 bridgehead atoms. The number of fused-ring (bicyclic) bond motifs is 5. The molecule has 4 rings (SSSR count). The fraction of sp³-hybridized carbons (Fsp3) is 0.867. The van der Waals surface area contributed by atoms with Crippen LogP contribution in [0.3, 0.4) is 0 Å². The Morgan fingerprint density at radius 2 is 1.77 bits per heavy atom. The van der Waals surface area contributed by atoms with Crippen LogP contribution in [0.5, 0.6) is 0 Å². The van der Waals surface area contributed by atoms with E-state index in [1.54, 1.807) is 0 Å². The fourth-order valence-electron chi connectivity index (χ4n) is 9.07. The summed E-state index contributed by atoms with van der Waals surface area (Å²) in [5.74, 6) is 5.09. The van der Waals surface area contributed by atoms with Crippen molar-refractivity contribution >= 4 is 0 Å². The van der Waals surface area contributed by atoms with Crippen molar-refractivity contribution in [3.63, 3.8) is 0 Å². The van der Waals surface area contributed by atoms with E-state index in [4.69, 9.17) is 0 Å². The van der Waals surface area contributed by atoms with E-state index in [0.717, 1.165) is 30.1 Å². The van der Waals surface area contributed by atoms with Gasteiger partial charge in [0, 0.05) is 0 Å². The second-order valence-electron chi connectivity index (χ2n) is 12.8. The molecule has 3 fully saturated rings. The molecule has 0 heterocycles. The van der Waals surface area contributed by atoms with E-state index < -0.39 is 0 Å². The van der Waals surface area contributed by atoms with Crippen molar-refractivity contribution in [2.45, 2.75) is 112 Å². The van der Waals surface area contributed by atoms with Gasteiger partial charge in [0.25, 0.3) is 0 Å². The molecule has 4 aliphatic carbocycles. The monoisotopic (exact) mass is 426 g/mol. The number of hydrogen-bond acceptors (Lipinski definition) is 1. The van der Waals surface area contributed by atoms with Crippen LogP contribution in [-0.2, 0) is 0 Å². The van der Waals surface area contributed by atoms with E-state index >= 15 is 0 Å². The highest BCUT2D eigenvalue weighted by atomic mass is 16.3. The first kappa shape index (κ1) is 23.6. The minimum atomic E-state index is -0.0798. The Morgan fingerprint density at radius 1 is 1.10 bits per heavy atom. The molecule has 3 saturated carbocycles. The Balaban J connectivity index is 1.50. The maximum absolute atomic E-state index is 10.5. The van der Waals surface area contributed by atoms with Crippen LogP contribution in [0, 0.1) is 52.3 Å². The van der Waals surface area contributed by atoms with Gasteiger partial charge < -0.3 is 5.11 Å². The lowest BCUT2D eigenvalue weighted by Crippen LogP contribution is -2.52. The smallest absolute Gasteiger partial charge is 0.0568 e. The molecule has 1 heteroatoms. The third-order valence-electron chi connectivity index (χ3n) is 11.6. The van der Waals surface area contributed by atoms with E-state index in [0.29, 0.717) is 28.6 Å². The lowest BCUT2D eigenvalue weighted by molar-refractivity contribution is -0.0773. The molecule has 176 valence electrons. The second-order valence-corrected chi connectivity index (χ2v) is 12.8. The number of aliphatic hydroxyl groups excluding tert-OH is 1. The predicted octanol–water partition coefficient (Wildman–Crippen LogP) is 8.19. The van der Waals surface area contributed by atoms with E-state index in [1.165, 1.54) is 63.4 Å². The van der Waals surface area contributed by atoms with Crippen molar-refractivity contribution in [1.82, 2.24) is 0 Å². The summed E-state index contributed by atoms with van der Waals surface area (Å²) in [6.07, 6.45) is 15.5. The highest BCUT2D eigenvalue weighted by Gasteiger charge is 2.59. The molecule has 0 aliphatic heterocycles. The summed E-state index contributed by atoms with van der Waals surface area (Å²) in [6, 6.07) is 0. The topological polar surface area (TPSA) is 20.2 Å². The second kappa shape index (κ2) is 8.66. The van der Waals surface area contributed by atoms with E-state index in [-0.39, 0.29) is 6.10 Å². The highest BCUT2D eigenvalue weighted by Crippen LogP contribution is 2.67. The van der Waals surface area contributed by atoms with Crippen molar-refractivity contribution in [3.05, 3.63) is 23.8 Å². The molecule has 1 N–H and O–H groups in total. The highest BCUT2D eigenvalue weighted by molar-refractivity contribution is 5.28. The van der Waals surface area contributed by atoms with Crippen molar-refractivity contribution in [3.8, 4) is 0 Å². The first-order chi connectivity index (χ1) is 14.6. The minimum absolute atomic E-state index is 0.0798. The van der Waals surface area contributed by atoms with Gasteiger partial charge in [0.15, 0.2) is 0 Å². The number of rotatable bonds is 6. The van der Waals surface area contributed by atoms with Gasteiger partial charge in [-0.25, -0.2) is 0 Å². The number of allylic oxidation sites excluding steroid dienone is 3. The molecule has 1 nitrogen and oxygen atoms in total. The van der Waals surface area contributed by atoms with Crippen LogP contribution >= 0.6 is 0 Å². The van der Waals surface area contributed by atoms with E-state index in [1.807, 2.05) is 5.57 Å². The molecule has 0 aromatic heterocycles. The zero-order chi connectivity index (χ0) is 22.6. The quantitative estimate of drug-likeness (QED) is 0.424. The zero-order valence-corrected chi connectivity index (χ0v) is 21.4. The predicted molar refractivity (Wildman–Crippen MR) is 133 cm³/mol. The number of hydrogen-bond donors (Lipinski definition) is 1. The SMILES string of the molecule is C=C(CCC(C)C1CCC2C3=CCC4C(C)C(O)CCC4(C)C3CCC21C)C(C)CC. The van der Waals surface area contributed by atoms with Gasteiger partial charge in [-0.2, -0.15) is 0 Å². The Labute approximate surface area is 193 Å². The van der Waals surface area contributed by atoms with Crippen LogP contribution in [0.25, 0.3) is 0 Å². The summed E-state index contributed by atoms with van der Waals surface area (Å²) in [6.45, 7) is 19.2. The molecular formula is C30H50O. The van der Waals surface area contributed by atoms with Crippen molar-refractivity contribution in [2.24, 2.45) is 52.3 Å². The molecule has 31 heavy (non-hydrogen) atoms. The molecule has 0 aromatic rings. The molecule has 4 aliphatic rings. The Kier molecular flexibility index (Phi) is 6.59. The molecular weight excluding hydrogens is 376 g/mol. The first-order valence-corrected chi connectivity index (χ1v) is 13.7. The van der Waals surface area contributed by atoms with Crippen LogP contribution < -0.4 is 0 Å². The maximum Gasteiger partial charge on any atom is 0.0568 e. The Hall–Kier alpha value is -0.560. The van der Waals surface area contributed by atoms with Gasteiger partial charge in [0.05, 0.1) is 6.10 Å². The molecule has 10 atom stereocenters. The van der Waals surface area contributed by atoms with E-state index in [2.05, 4.69) is 54.2 Å². The van der Waals surface area contributed by atoms with Gasteiger partial charge in [-0.3, -0.25) is 0 Å². The third-order valence-corrected chi connectivity index (χ3v) is 11.6. The first-order valence-electron chi connectivity index (χ1n) is 13.7. The maximum atomic E-state index is 10.5. The molecule has 0 aromatic carbocycles. The lowest BCUT2D eigenvalue weighted by Gasteiger charge is -2.59. The standard InChI is InChI=1S/C30H50O/c1-8-19(2)20(3)9-10-21(4)24-13-14-26-23-11-12-25-22(5)28(31)16-18-30(25,7)27(23)15-17-29(24,26)6/h11,19,21-22,24-28,31H,3,8-10,12-18H2,1-2,4-7H3. The van der Waals surface area contributed by atoms with Crippen LogP contribution in [0.2, 0.25) is 0 Å². The summed E-state index contributed by atoms with van der Waals surface area (Å²) in [4.78, 5) is 0. The minimum Gasteiger partial charge on any atom is -0.393 e. The summed E-state index contributed by atoms with van der Waals surface area (Å²) in [5, 5.41) is 10.5. The third kappa shape index (κ3) is 3.79. The average Bonchev–Trinajstić information content (AvgIpc) is 3.11. The van der Waals surface area contributed by atoms with Crippen molar-refractivity contribution in [2.75, 3.05) is 0 Å². The van der Waals surface area contributed by atoms with Gasteiger partial charge in [0.1, 0.15) is 0 Å². The molecule has 0 radical (unpaired) electrons. The molecule has 10 unspecified atom stereocenters. The average molecular weight is 427 g/mol. The van der Waals surface area contributed by atoms with Gasteiger partial charge >= 0.3 is 0 Å². The molecule has 0 amide bonds. The van der Waals surface area contributed by atoms with Crippen LogP contribution in [0.1, 0.15) is 106 Å². The van der Waals surface area contributed by atoms with Crippen molar-refractivity contribution in [1.29, 1.82) is 0 Å². The van der Waals surface area contributed by atoms with Gasteiger partial charge in [0.2, 0.25) is 0 Å². The molecule has 0 spiro atoms. The lowest BCUT2D eigenvalue weighted by atomic mass is 9.46. The Morgan fingerprint density at radius 3 is 2.48 bits per heavy atom. The van der Waals surface area contributed by atoms with Gasteiger partial charge in [-0.1, -0.05) is 65.3 Å². The van der Waals surface area contributed by atoms with Gasteiger partial charge in [-0.15, -0.1) is 0 Å². The summed E-state index contributed by atoms with van der Waals surface area (Å²) >= 11 is 0. The molecule has 0 saturated heterocycles. The Bertz CT molecular complexity index is 705. The zero-order valence-electron chi connectivity index (χ0n) is 21.4. The largest absolute Gasteiger partial charge is 0.393 e. The summed E-state index contributed by atoms with van der Waals surface area (Å²) in [7, 11) is 0. The summed E-state index contributed by atoms with van der Waals surface area (Å²) in [5.41, 5.74) is 4.25. The number of aliphatic hydroxyl groups is 1. The van der Waals surface area contributed by atoms with Crippen LogP contribution in [0.15, 0.2) is 23.8 Å². The van der Waals surface area contributed by atoms with Crippen molar-refractivity contribution < 1.29 is 5.11 Å². The fourth-order valence-corrected chi connectivity index (χ4v) is 9.07. The van der Waals surface area contributed by atoms with E-state index in [9.17, 15) is 5.11 Å². The summed E-state index contributed by atoms with van der Waals surface area (Å²) < 4.78 is 0. The normalized spacial score (nSPS) is 46.4. The van der Waals surface area contributed by atoms with Crippen LogP contribution in [-0.4, -0.2) is 11.2 Å².